The topological polar surface area (TPSA) is 55.4 Å². The van der Waals surface area contributed by atoms with Gasteiger partial charge in [0.05, 0.1) is 12.7 Å². The van der Waals surface area contributed by atoms with Gasteiger partial charge in [0.25, 0.3) is 0 Å². The number of carbonyl (C=O) groups is 2. The molecular formula is C17H13Cl2NO3. The van der Waals surface area contributed by atoms with Gasteiger partial charge >= 0.3 is 5.97 Å². The number of esters is 1. The number of halogens is 2. The van der Waals surface area contributed by atoms with Crippen LogP contribution in [0.25, 0.3) is 6.08 Å². The molecule has 0 aliphatic carbocycles. The summed E-state index contributed by atoms with van der Waals surface area (Å²) in [4.78, 5) is 23.2. The first-order valence-electron chi connectivity index (χ1n) is 6.62. The number of anilines is 1. The van der Waals surface area contributed by atoms with Gasteiger partial charge in [0.1, 0.15) is 0 Å². The summed E-state index contributed by atoms with van der Waals surface area (Å²) in [5.74, 6) is -0.748. The Bertz CT molecular complexity index is 755. The van der Waals surface area contributed by atoms with Gasteiger partial charge in [0, 0.05) is 21.8 Å². The van der Waals surface area contributed by atoms with Gasteiger partial charge in [-0.1, -0.05) is 29.3 Å². The van der Waals surface area contributed by atoms with Gasteiger partial charge in [-0.2, -0.15) is 0 Å². The second kappa shape index (κ2) is 7.81. The molecule has 2 rings (SSSR count). The van der Waals surface area contributed by atoms with Crippen molar-refractivity contribution in [3.05, 3.63) is 69.7 Å². The molecule has 0 aromatic heterocycles. The molecule has 2 aromatic carbocycles. The van der Waals surface area contributed by atoms with Gasteiger partial charge in [0.15, 0.2) is 0 Å². The Morgan fingerprint density at radius 1 is 1.09 bits per heavy atom. The highest BCUT2D eigenvalue weighted by atomic mass is 35.5. The molecule has 0 aliphatic heterocycles. The number of amides is 1. The van der Waals surface area contributed by atoms with Gasteiger partial charge in [-0.3, -0.25) is 4.79 Å². The van der Waals surface area contributed by atoms with Gasteiger partial charge in [-0.05, 0) is 48.0 Å². The number of hydrogen-bond acceptors (Lipinski definition) is 3. The van der Waals surface area contributed by atoms with Crippen LogP contribution in [0.1, 0.15) is 15.9 Å². The first-order chi connectivity index (χ1) is 11.0. The smallest absolute Gasteiger partial charge is 0.337 e. The van der Waals surface area contributed by atoms with Crippen LogP contribution in [0.3, 0.4) is 0 Å². The Balaban J connectivity index is 2.01. The van der Waals surface area contributed by atoms with E-state index in [-0.39, 0.29) is 5.91 Å². The normalized spacial score (nSPS) is 10.6. The van der Waals surface area contributed by atoms with E-state index in [1.807, 2.05) is 0 Å². The highest BCUT2D eigenvalue weighted by molar-refractivity contribution is 6.35. The molecule has 118 valence electrons. The minimum atomic E-state index is -0.430. The molecule has 4 nitrogen and oxygen atoms in total. The first-order valence-corrected chi connectivity index (χ1v) is 7.37. The van der Waals surface area contributed by atoms with Crippen molar-refractivity contribution in [3.63, 3.8) is 0 Å². The van der Waals surface area contributed by atoms with Crippen molar-refractivity contribution >= 4 is 46.8 Å². The Morgan fingerprint density at radius 2 is 1.78 bits per heavy atom. The number of benzene rings is 2. The second-order valence-electron chi connectivity index (χ2n) is 4.56. The molecule has 1 amide bonds. The average Bonchev–Trinajstić information content (AvgIpc) is 2.54. The van der Waals surface area contributed by atoms with Crippen LogP contribution in [0.4, 0.5) is 5.69 Å². The van der Waals surface area contributed by atoms with Crippen molar-refractivity contribution in [1.82, 2.24) is 0 Å². The maximum atomic E-state index is 11.9. The van der Waals surface area contributed by atoms with Crippen LogP contribution >= 0.6 is 23.2 Å². The highest BCUT2D eigenvalue weighted by Gasteiger charge is 2.05. The summed E-state index contributed by atoms with van der Waals surface area (Å²) in [6, 6.07) is 11.4. The molecule has 0 fully saturated rings. The highest BCUT2D eigenvalue weighted by Crippen LogP contribution is 2.22. The Morgan fingerprint density at radius 3 is 2.39 bits per heavy atom. The zero-order valence-corrected chi connectivity index (χ0v) is 13.7. The number of rotatable bonds is 4. The summed E-state index contributed by atoms with van der Waals surface area (Å²) < 4.78 is 4.61. The molecule has 1 N–H and O–H groups in total. The van der Waals surface area contributed by atoms with Crippen LogP contribution in [-0.2, 0) is 9.53 Å². The summed E-state index contributed by atoms with van der Waals surface area (Å²) in [6.45, 7) is 0. The first kappa shape index (κ1) is 17.1. The zero-order valence-electron chi connectivity index (χ0n) is 12.2. The fourth-order valence-electron chi connectivity index (χ4n) is 1.79. The summed E-state index contributed by atoms with van der Waals surface area (Å²) in [7, 11) is 1.31. The Hall–Kier alpha value is -2.30. The monoisotopic (exact) mass is 349 g/mol. The molecule has 2 aromatic rings. The average molecular weight is 350 g/mol. The predicted octanol–water partition coefficient (Wildman–Crippen LogP) is 4.43. The van der Waals surface area contributed by atoms with Crippen LogP contribution in [-0.4, -0.2) is 19.0 Å². The van der Waals surface area contributed by atoms with E-state index >= 15 is 0 Å². The number of nitrogens with one attached hydrogen (secondary N) is 1. The van der Waals surface area contributed by atoms with E-state index in [1.54, 1.807) is 48.5 Å². The molecule has 0 saturated carbocycles. The predicted molar refractivity (Wildman–Crippen MR) is 91.9 cm³/mol. The Kier molecular flexibility index (Phi) is 5.79. The third-order valence-corrected chi connectivity index (χ3v) is 3.51. The lowest BCUT2D eigenvalue weighted by atomic mass is 10.2. The third-order valence-electron chi connectivity index (χ3n) is 2.95. The summed E-state index contributed by atoms with van der Waals surface area (Å²) in [6.07, 6.45) is 2.96. The minimum absolute atomic E-state index is 0.318. The molecule has 0 aliphatic rings. The van der Waals surface area contributed by atoms with Crippen molar-refractivity contribution in [1.29, 1.82) is 0 Å². The van der Waals surface area contributed by atoms with E-state index < -0.39 is 5.97 Å². The molecule has 23 heavy (non-hydrogen) atoms. The minimum Gasteiger partial charge on any atom is -0.465 e. The van der Waals surface area contributed by atoms with Gasteiger partial charge < -0.3 is 10.1 Å². The van der Waals surface area contributed by atoms with E-state index in [1.165, 1.54) is 13.2 Å². The molecular weight excluding hydrogens is 337 g/mol. The van der Waals surface area contributed by atoms with E-state index in [2.05, 4.69) is 10.1 Å². The van der Waals surface area contributed by atoms with E-state index in [9.17, 15) is 9.59 Å². The fraction of sp³-hybridized carbons (Fsp3) is 0.0588. The quantitative estimate of drug-likeness (QED) is 0.656. The second-order valence-corrected chi connectivity index (χ2v) is 5.40. The largest absolute Gasteiger partial charge is 0.465 e. The fourth-order valence-corrected chi connectivity index (χ4v) is 2.27. The molecule has 0 bridgehead atoms. The molecule has 0 atom stereocenters. The summed E-state index contributed by atoms with van der Waals surface area (Å²) in [5, 5.41) is 3.67. The molecule has 0 radical (unpaired) electrons. The van der Waals surface area contributed by atoms with Crippen molar-refractivity contribution in [2.45, 2.75) is 0 Å². The lowest BCUT2D eigenvalue weighted by molar-refractivity contribution is -0.111. The van der Waals surface area contributed by atoms with E-state index in [4.69, 9.17) is 23.2 Å². The number of ether oxygens (including phenoxy) is 1. The van der Waals surface area contributed by atoms with Crippen molar-refractivity contribution in [2.75, 3.05) is 12.4 Å². The summed E-state index contributed by atoms with van der Waals surface area (Å²) in [5.41, 5.74) is 1.66. The maximum Gasteiger partial charge on any atom is 0.337 e. The van der Waals surface area contributed by atoms with E-state index in [0.717, 1.165) is 0 Å². The van der Waals surface area contributed by atoms with Crippen LogP contribution in [0.5, 0.6) is 0 Å². The van der Waals surface area contributed by atoms with E-state index in [0.29, 0.717) is 26.9 Å². The SMILES string of the molecule is COC(=O)c1ccc(NC(=O)/C=C/c2ccc(Cl)cc2Cl)cc1. The number of methoxy groups -OCH3 is 1. The molecule has 0 spiro atoms. The summed E-state index contributed by atoms with van der Waals surface area (Å²) >= 11 is 11.8. The third kappa shape index (κ3) is 4.84. The zero-order chi connectivity index (χ0) is 16.8. The number of carbonyl (C=O) groups excluding carboxylic acids is 2. The number of hydrogen-bond donors (Lipinski definition) is 1. The Labute approximate surface area is 143 Å². The van der Waals surface area contributed by atoms with Gasteiger partial charge in [-0.15, -0.1) is 0 Å². The van der Waals surface area contributed by atoms with Crippen LogP contribution in [0.15, 0.2) is 48.5 Å². The molecule has 0 unspecified atom stereocenters. The molecule has 0 heterocycles. The van der Waals surface area contributed by atoms with Crippen LogP contribution in [0, 0.1) is 0 Å². The van der Waals surface area contributed by atoms with Crippen molar-refractivity contribution in [2.24, 2.45) is 0 Å². The van der Waals surface area contributed by atoms with Crippen molar-refractivity contribution < 1.29 is 14.3 Å². The van der Waals surface area contributed by atoms with Crippen LogP contribution in [0.2, 0.25) is 10.0 Å². The lowest BCUT2D eigenvalue weighted by Gasteiger charge is -2.04. The standard InChI is InChI=1S/C17H13Cl2NO3/c1-23-17(22)12-3-7-14(8-4-12)20-16(21)9-5-11-2-6-13(18)10-15(11)19/h2-10H,1H3,(H,20,21)/b9-5+. The maximum absolute atomic E-state index is 11.9. The van der Waals surface area contributed by atoms with Crippen molar-refractivity contribution in [3.8, 4) is 0 Å². The molecule has 0 saturated heterocycles. The lowest BCUT2D eigenvalue weighted by Crippen LogP contribution is -2.08. The van der Waals surface area contributed by atoms with Gasteiger partial charge in [-0.25, -0.2) is 4.79 Å². The van der Waals surface area contributed by atoms with Gasteiger partial charge in [0.2, 0.25) is 5.91 Å². The molecule has 6 heteroatoms. The van der Waals surface area contributed by atoms with Crippen LogP contribution < -0.4 is 5.32 Å².